The van der Waals surface area contributed by atoms with Gasteiger partial charge in [0.15, 0.2) is 0 Å². The van der Waals surface area contributed by atoms with Crippen LogP contribution in [0, 0.1) is 11.8 Å². The Hall–Kier alpha value is -3.22. The highest BCUT2D eigenvalue weighted by Crippen LogP contribution is 2.42. The zero-order valence-electron chi connectivity index (χ0n) is 20.8. The van der Waals surface area contributed by atoms with Gasteiger partial charge in [0.05, 0.1) is 0 Å². The lowest BCUT2D eigenvalue weighted by atomic mass is 9.72. The number of piperidine rings is 2. The third-order valence-corrected chi connectivity index (χ3v) is 8.01. The van der Waals surface area contributed by atoms with Gasteiger partial charge in [0.1, 0.15) is 11.4 Å². The van der Waals surface area contributed by atoms with Gasteiger partial charge in [-0.1, -0.05) is 60.7 Å². The molecule has 0 saturated carbocycles. The van der Waals surface area contributed by atoms with Crippen molar-refractivity contribution >= 4 is 11.7 Å². The molecule has 1 aromatic heterocycles. The Labute approximate surface area is 213 Å². The number of nitrogen functional groups attached to an aromatic ring is 1. The summed E-state index contributed by atoms with van der Waals surface area (Å²) in [7, 11) is 0. The molecule has 0 unspecified atom stereocenters. The number of carbonyl (C=O) groups is 1. The summed E-state index contributed by atoms with van der Waals surface area (Å²) >= 11 is 0. The van der Waals surface area contributed by atoms with Gasteiger partial charge in [-0.15, -0.1) is 0 Å². The van der Waals surface area contributed by atoms with E-state index in [2.05, 4.69) is 9.88 Å². The number of benzene rings is 2. The van der Waals surface area contributed by atoms with Crippen molar-refractivity contribution in [2.75, 3.05) is 31.9 Å². The van der Waals surface area contributed by atoms with Gasteiger partial charge in [0.2, 0.25) is 5.91 Å². The summed E-state index contributed by atoms with van der Waals surface area (Å²) < 4.78 is 0. The first-order valence-electron chi connectivity index (χ1n) is 13.1. The highest BCUT2D eigenvalue weighted by atomic mass is 16.3. The fourth-order valence-corrected chi connectivity index (χ4v) is 5.99. The summed E-state index contributed by atoms with van der Waals surface area (Å²) in [5, 5.41) is 12.1. The number of nitrogens with zero attached hydrogens (tertiary/aromatic N) is 3. The molecule has 3 heterocycles. The molecule has 2 fully saturated rings. The van der Waals surface area contributed by atoms with Gasteiger partial charge >= 0.3 is 0 Å². The van der Waals surface area contributed by atoms with Crippen LogP contribution < -0.4 is 5.73 Å². The number of hydrogen-bond acceptors (Lipinski definition) is 5. The minimum Gasteiger partial charge on any atom is -0.384 e. The number of nitrogens with two attached hydrogens (primary N) is 1. The van der Waals surface area contributed by atoms with E-state index in [0.29, 0.717) is 18.9 Å². The van der Waals surface area contributed by atoms with Crippen LogP contribution in [-0.2, 0) is 16.9 Å². The number of aliphatic hydroxyl groups is 1. The van der Waals surface area contributed by atoms with Crippen LogP contribution in [0.1, 0.15) is 42.4 Å². The lowest BCUT2D eigenvalue weighted by molar-refractivity contribution is -0.140. The van der Waals surface area contributed by atoms with Crippen molar-refractivity contribution in [3.05, 3.63) is 95.7 Å². The molecular formula is C30H36N4O2. The molecule has 2 aliphatic rings. The predicted molar refractivity (Wildman–Crippen MR) is 142 cm³/mol. The Balaban J connectivity index is 1.19. The number of hydrogen-bond donors (Lipinski definition) is 2. The maximum atomic E-state index is 13.4. The lowest BCUT2D eigenvalue weighted by Crippen LogP contribution is -2.48. The van der Waals surface area contributed by atoms with Gasteiger partial charge in [-0.2, -0.15) is 0 Å². The first kappa shape index (κ1) is 24.5. The second-order valence-electron chi connectivity index (χ2n) is 10.2. The third kappa shape index (κ3) is 5.15. The van der Waals surface area contributed by atoms with Gasteiger partial charge in [-0.3, -0.25) is 9.69 Å². The SMILES string of the molecule is Nc1cc(CN2CCC(C(=O)N3CCC(C(O)(c4ccccc4)c4ccccc4)CC3)CC2)ccn1. The summed E-state index contributed by atoms with van der Waals surface area (Å²) in [6, 6.07) is 23.9. The van der Waals surface area contributed by atoms with Crippen LogP contribution in [0.25, 0.3) is 0 Å². The van der Waals surface area contributed by atoms with Gasteiger partial charge in [-0.25, -0.2) is 4.98 Å². The molecule has 3 aromatic rings. The topological polar surface area (TPSA) is 82.7 Å². The average molecular weight is 485 g/mol. The molecule has 188 valence electrons. The Kier molecular flexibility index (Phi) is 7.35. The maximum Gasteiger partial charge on any atom is 0.225 e. The predicted octanol–water partition coefficient (Wildman–Crippen LogP) is 4.05. The molecule has 0 atom stereocenters. The van der Waals surface area contributed by atoms with Gasteiger partial charge in [0, 0.05) is 31.7 Å². The molecular weight excluding hydrogens is 448 g/mol. The quantitative estimate of drug-likeness (QED) is 0.552. The first-order chi connectivity index (χ1) is 17.5. The van der Waals surface area contributed by atoms with E-state index in [9.17, 15) is 9.90 Å². The zero-order chi connectivity index (χ0) is 25.0. The molecule has 6 nitrogen and oxygen atoms in total. The monoisotopic (exact) mass is 484 g/mol. The summed E-state index contributed by atoms with van der Waals surface area (Å²) in [5.74, 6) is 0.972. The van der Waals surface area contributed by atoms with Crippen LogP contribution in [0.2, 0.25) is 0 Å². The third-order valence-electron chi connectivity index (χ3n) is 8.01. The standard InChI is InChI=1S/C30H36N4O2/c31-28-21-23(11-16-32-28)22-33-17-12-24(13-18-33)29(35)34-19-14-27(15-20-34)30(36,25-7-3-1-4-8-25)26-9-5-2-6-10-26/h1-11,16,21,24,27,36H,12-15,17-20,22H2,(H2,31,32). The number of pyridine rings is 1. The largest absolute Gasteiger partial charge is 0.384 e. The van der Waals surface area contributed by atoms with E-state index in [0.717, 1.165) is 56.4 Å². The lowest BCUT2D eigenvalue weighted by Gasteiger charge is -2.43. The molecule has 2 aromatic carbocycles. The number of amides is 1. The van der Waals surface area contributed by atoms with Crippen LogP contribution in [0.3, 0.4) is 0 Å². The van der Waals surface area contributed by atoms with E-state index >= 15 is 0 Å². The van der Waals surface area contributed by atoms with Crippen LogP contribution in [-0.4, -0.2) is 52.0 Å². The smallest absolute Gasteiger partial charge is 0.225 e. The van der Waals surface area contributed by atoms with Crippen LogP contribution in [0.4, 0.5) is 5.82 Å². The molecule has 2 saturated heterocycles. The molecule has 3 N–H and O–H groups in total. The van der Waals surface area contributed by atoms with Crippen LogP contribution in [0.15, 0.2) is 79.0 Å². The van der Waals surface area contributed by atoms with E-state index in [1.807, 2.05) is 77.7 Å². The zero-order valence-corrected chi connectivity index (χ0v) is 20.8. The van der Waals surface area contributed by atoms with E-state index in [4.69, 9.17) is 5.73 Å². The Morgan fingerprint density at radius 1 is 0.889 bits per heavy atom. The molecule has 0 aliphatic carbocycles. The van der Waals surface area contributed by atoms with Crippen molar-refractivity contribution in [2.45, 2.75) is 37.8 Å². The Morgan fingerprint density at radius 3 is 2.03 bits per heavy atom. The summed E-state index contributed by atoms with van der Waals surface area (Å²) in [4.78, 5) is 21.9. The van der Waals surface area contributed by atoms with Crippen molar-refractivity contribution in [1.82, 2.24) is 14.8 Å². The second-order valence-corrected chi connectivity index (χ2v) is 10.2. The average Bonchev–Trinajstić information content (AvgIpc) is 2.94. The van der Waals surface area contributed by atoms with Gasteiger partial charge < -0.3 is 15.7 Å². The number of aromatic nitrogens is 1. The van der Waals surface area contributed by atoms with E-state index in [-0.39, 0.29) is 17.7 Å². The highest BCUT2D eigenvalue weighted by Gasteiger charge is 2.42. The minimum absolute atomic E-state index is 0.0565. The first-order valence-corrected chi connectivity index (χ1v) is 13.1. The molecule has 0 bridgehead atoms. The number of anilines is 1. The maximum absolute atomic E-state index is 13.4. The number of rotatable bonds is 6. The number of likely N-dealkylation sites (tertiary alicyclic amines) is 2. The van der Waals surface area contributed by atoms with Crippen molar-refractivity contribution in [3.63, 3.8) is 0 Å². The summed E-state index contributed by atoms with van der Waals surface area (Å²) in [5.41, 5.74) is 7.77. The van der Waals surface area contributed by atoms with E-state index < -0.39 is 5.60 Å². The van der Waals surface area contributed by atoms with E-state index in [1.54, 1.807) is 6.20 Å². The normalized spacial score (nSPS) is 18.3. The van der Waals surface area contributed by atoms with Crippen molar-refractivity contribution in [1.29, 1.82) is 0 Å². The highest BCUT2D eigenvalue weighted by molar-refractivity contribution is 5.79. The fraction of sp³-hybridized carbons (Fsp3) is 0.400. The molecule has 0 radical (unpaired) electrons. The molecule has 0 spiro atoms. The Morgan fingerprint density at radius 2 is 1.47 bits per heavy atom. The van der Waals surface area contributed by atoms with Crippen LogP contribution >= 0.6 is 0 Å². The van der Waals surface area contributed by atoms with E-state index in [1.165, 1.54) is 5.56 Å². The molecule has 1 amide bonds. The van der Waals surface area contributed by atoms with Crippen molar-refractivity contribution < 1.29 is 9.90 Å². The molecule has 2 aliphatic heterocycles. The molecule has 6 heteroatoms. The number of carbonyl (C=O) groups excluding carboxylic acids is 1. The molecule has 36 heavy (non-hydrogen) atoms. The summed E-state index contributed by atoms with van der Waals surface area (Å²) in [6.45, 7) is 4.06. The van der Waals surface area contributed by atoms with Crippen molar-refractivity contribution in [2.24, 2.45) is 11.8 Å². The fourth-order valence-electron chi connectivity index (χ4n) is 5.99. The molecule has 5 rings (SSSR count). The van der Waals surface area contributed by atoms with Gasteiger partial charge in [-0.05, 0) is 73.5 Å². The summed E-state index contributed by atoms with van der Waals surface area (Å²) in [6.07, 6.45) is 5.10. The van der Waals surface area contributed by atoms with Gasteiger partial charge in [0.25, 0.3) is 0 Å². The second kappa shape index (κ2) is 10.8. The van der Waals surface area contributed by atoms with Crippen molar-refractivity contribution in [3.8, 4) is 0 Å². The Bertz CT molecular complexity index is 1100. The minimum atomic E-state index is -1.06. The van der Waals surface area contributed by atoms with Crippen LogP contribution in [0.5, 0.6) is 0 Å².